The Morgan fingerprint density at radius 1 is 0.568 bits per heavy atom. The Morgan fingerprint density at radius 2 is 1.11 bits per heavy atom. The molecule has 192 valence electrons. The molecule has 0 fully saturated rings. The van der Waals surface area contributed by atoms with E-state index in [1.54, 1.807) is 36.4 Å². The molecule has 0 radical (unpaired) electrons. The zero-order valence-corrected chi connectivity index (χ0v) is 21.5. The first-order chi connectivity index (χ1) is 17.7. The van der Waals surface area contributed by atoms with Gasteiger partial charge in [-0.05, 0) is 72.8 Å². The third kappa shape index (κ3) is 6.32. The van der Waals surface area contributed by atoms with Gasteiger partial charge in [0.15, 0.2) is 0 Å². The summed E-state index contributed by atoms with van der Waals surface area (Å²) in [5, 5.41) is 0. The lowest BCUT2D eigenvalue weighted by atomic mass is 10.3. The second-order valence-electron chi connectivity index (χ2n) is 7.69. The third-order valence-corrected chi connectivity index (χ3v) is 7.96. The molecule has 0 spiro atoms. The van der Waals surface area contributed by atoms with E-state index in [4.69, 9.17) is 14.2 Å². The molecule has 0 atom stereocenters. The predicted octanol–water partition coefficient (Wildman–Crippen LogP) is 5.10. The topological polar surface area (TPSA) is 120 Å². The summed E-state index contributed by atoms with van der Waals surface area (Å²) in [7, 11) is -5.02. The average Bonchev–Trinajstić information content (AvgIpc) is 2.89. The van der Waals surface area contributed by atoms with Gasteiger partial charge in [0.1, 0.15) is 23.0 Å². The lowest BCUT2D eigenvalue weighted by Gasteiger charge is -2.14. The molecular weight excluding hydrogens is 516 g/mol. The van der Waals surface area contributed by atoms with Gasteiger partial charge < -0.3 is 14.2 Å². The van der Waals surface area contributed by atoms with Gasteiger partial charge in [-0.1, -0.05) is 18.2 Å². The van der Waals surface area contributed by atoms with Crippen LogP contribution in [0, 0.1) is 0 Å². The maximum atomic E-state index is 12.9. The van der Waals surface area contributed by atoms with Gasteiger partial charge in [0, 0.05) is 11.8 Å². The van der Waals surface area contributed by atoms with Gasteiger partial charge in [0.2, 0.25) is 0 Å². The Balaban J connectivity index is 1.46. The van der Waals surface area contributed by atoms with E-state index >= 15 is 0 Å². The number of nitrogens with one attached hydrogen (secondary N) is 2. The Bertz CT molecular complexity index is 1570. The van der Waals surface area contributed by atoms with Crippen molar-refractivity contribution in [1.82, 2.24) is 0 Å². The Kier molecular flexibility index (Phi) is 7.55. The highest BCUT2D eigenvalue weighted by Crippen LogP contribution is 2.31. The number of rotatable bonds is 10. The molecule has 11 heteroatoms. The molecule has 9 nitrogen and oxygen atoms in total. The summed E-state index contributed by atoms with van der Waals surface area (Å²) in [6.07, 6.45) is 0. The molecule has 2 N–H and O–H groups in total. The standard InChI is InChI=1S/C26H24N2O7S2/c1-33-22-12-17-26(34-2)25(18-22)28-37(31,32)23-13-8-19(9-14-23)27-36(29,30)24-15-10-21(11-16-24)35-20-6-4-3-5-7-20/h3-18,27-28H,1-2H3. The summed E-state index contributed by atoms with van der Waals surface area (Å²) in [4.78, 5) is -0.0425. The van der Waals surface area contributed by atoms with Crippen LogP contribution in [-0.4, -0.2) is 31.1 Å². The van der Waals surface area contributed by atoms with Crippen LogP contribution in [0.5, 0.6) is 23.0 Å². The van der Waals surface area contributed by atoms with Gasteiger partial charge in [0.05, 0.1) is 29.7 Å². The number of ether oxygens (including phenoxy) is 3. The number of benzene rings is 4. The van der Waals surface area contributed by atoms with E-state index in [0.29, 0.717) is 23.0 Å². The molecule has 4 aromatic rings. The van der Waals surface area contributed by atoms with Crippen LogP contribution in [0.1, 0.15) is 0 Å². The molecule has 0 unspecified atom stereocenters. The van der Waals surface area contributed by atoms with Gasteiger partial charge in [-0.2, -0.15) is 0 Å². The molecule has 0 heterocycles. The minimum absolute atomic E-state index is 0.0244. The fraction of sp³-hybridized carbons (Fsp3) is 0.0769. The second kappa shape index (κ2) is 10.8. The van der Waals surface area contributed by atoms with Crippen LogP contribution in [0.25, 0.3) is 0 Å². The van der Waals surface area contributed by atoms with E-state index in [2.05, 4.69) is 9.44 Å². The van der Waals surface area contributed by atoms with Gasteiger partial charge >= 0.3 is 0 Å². The Morgan fingerprint density at radius 3 is 1.70 bits per heavy atom. The van der Waals surface area contributed by atoms with Crippen LogP contribution in [0.2, 0.25) is 0 Å². The number of methoxy groups -OCH3 is 2. The van der Waals surface area contributed by atoms with Gasteiger partial charge in [0.25, 0.3) is 20.0 Å². The van der Waals surface area contributed by atoms with Crippen molar-refractivity contribution in [1.29, 1.82) is 0 Å². The van der Waals surface area contributed by atoms with Gasteiger partial charge in [-0.3, -0.25) is 9.44 Å². The lowest BCUT2D eigenvalue weighted by Crippen LogP contribution is -2.15. The molecule has 37 heavy (non-hydrogen) atoms. The van der Waals surface area contributed by atoms with E-state index in [9.17, 15) is 16.8 Å². The minimum Gasteiger partial charge on any atom is -0.497 e. The highest BCUT2D eigenvalue weighted by molar-refractivity contribution is 7.93. The fourth-order valence-corrected chi connectivity index (χ4v) is 5.45. The molecule has 0 aromatic heterocycles. The maximum absolute atomic E-state index is 12.9. The van der Waals surface area contributed by atoms with Crippen molar-refractivity contribution < 1.29 is 31.0 Å². The summed E-state index contributed by atoms with van der Waals surface area (Å²) in [5.74, 6) is 1.88. The zero-order chi connectivity index (χ0) is 26.5. The molecule has 0 amide bonds. The fourth-order valence-electron chi connectivity index (χ4n) is 3.33. The van der Waals surface area contributed by atoms with Crippen LogP contribution in [-0.2, 0) is 20.0 Å². The van der Waals surface area contributed by atoms with Crippen molar-refractivity contribution in [3.8, 4) is 23.0 Å². The van der Waals surface area contributed by atoms with Crippen LogP contribution in [0.4, 0.5) is 11.4 Å². The summed E-state index contributed by atoms with van der Waals surface area (Å²) >= 11 is 0. The summed E-state index contributed by atoms with van der Waals surface area (Å²) in [6.45, 7) is 0. The van der Waals surface area contributed by atoms with Crippen molar-refractivity contribution in [2.45, 2.75) is 9.79 Å². The first kappa shape index (κ1) is 25.9. The first-order valence-corrected chi connectivity index (χ1v) is 13.9. The van der Waals surface area contributed by atoms with E-state index < -0.39 is 20.0 Å². The van der Waals surface area contributed by atoms with Crippen LogP contribution < -0.4 is 23.7 Å². The number of hydrogen-bond donors (Lipinski definition) is 2. The normalized spacial score (nSPS) is 11.4. The molecular formula is C26H24N2O7S2. The first-order valence-electron chi connectivity index (χ1n) is 10.9. The average molecular weight is 541 g/mol. The molecule has 4 aromatic carbocycles. The molecule has 0 bridgehead atoms. The predicted molar refractivity (Wildman–Crippen MR) is 141 cm³/mol. The van der Waals surface area contributed by atoms with E-state index in [-0.39, 0.29) is 21.2 Å². The number of anilines is 2. The van der Waals surface area contributed by atoms with Crippen molar-refractivity contribution in [2.24, 2.45) is 0 Å². The molecule has 0 saturated carbocycles. The SMILES string of the molecule is COc1ccc(OC)c(NS(=O)(=O)c2ccc(NS(=O)(=O)c3ccc(Oc4ccccc4)cc3)cc2)c1. The maximum Gasteiger partial charge on any atom is 0.262 e. The Labute approximate surface area is 215 Å². The molecule has 0 saturated heterocycles. The van der Waals surface area contributed by atoms with E-state index in [0.717, 1.165) is 0 Å². The Hall–Kier alpha value is -4.22. The summed E-state index contributed by atoms with van der Waals surface area (Å²) in [5.41, 5.74) is 0.397. The number of hydrogen-bond acceptors (Lipinski definition) is 7. The quantitative estimate of drug-likeness (QED) is 0.287. The number of sulfonamides is 2. The lowest BCUT2D eigenvalue weighted by molar-refractivity contribution is 0.405. The summed E-state index contributed by atoms with van der Waals surface area (Å²) < 4.78 is 72.4. The highest BCUT2D eigenvalue weighted by Gasteiger charge is 2.19. The smallest absolute Gasteiger partial charge is 0.262 e. The minimum atomic E-state index is -3.99. The third-order valence-electron chi connectivity index (χ3n) is 5.18. The zero-order valence-electron chi connectivity index (χ0n) is 19.9. The van der Waals surface area contributed by atoms with Crippen LogP contribution in [0.3, 0.4) is 0 Å². The highest BCUT2D eigenvalue weighted by atomic mass is 32.2. The van der Waals surface area contributed by atoms with Gasteiger partial charge in [-0.15, -0.1) is 0 Å². The van der Waals surface area contributed by atoms with Crippen molar-refractivity contribution in [3.05, 3.63) is 97.1 Å². The van der Waals surface area contributed by atoms with Crippen molar-refractivity contribution in [2.75, 3.05) is 23.7 Å². The molecule has 0 aliphatic carbocycles. The number of para-hydroxylation sites is 1. The molecule has 0 aliphatic rings. The molecule has 0 aliphatic heterocycles. The second-order valence-corrected chi connectivity index (χ2v) is 11.1. The van der Waals surface area contributed by atoms with Gasteiger partial charge in [-0.25, -0.2) is 16.8 Å². The summed E-state index contributed by atoms with van der Waals surface area (Å²) in [6, 6.07) is 25.1. The molecule has 4 rings (SSSR count). The largest absolute Gasteiger partial charge is 0.497 e. The van der Waals surface area contributed by atoms with Crippen LogP contribution in [0.15, 0.2) is 107 Å². The van der Waals surface area contributed by atoms with Crippen molar-refractivity contribution >= 4 is 31.4 Å². The van der Waals surface area contributed by atoms with E-state index in [1.165, 1.54) is 56.7 Å². The monoisotopic (exact) mass is 540 g/mol. The van der Waals surface area contributed by atoms with Crippen LogP contribution >= 0.6 is 0 Å². The van der Waals surface area contributed by atoms with E-state index in [1.807, 2.05) is 18.2 Å². The van der Waals surface area contributed by atoms with Crippen molar-refractivity contribution in [3.63, 3.8) is 0 Å².